The number of primary sulfonamides is 1. The van der Waals surface area contributed by atoms with Crippen molar-refractivity contribution in [3.05, 3.63) is 23.8 Å². The van der Waals surface area contributed by atoms with Gasteiger partial charge >= 0.3 is 0 Å². The van der Waals surface area contributed by atoms with Gasteiger partial charge in [-0.1, -0.05) is 12.1 Å². The minimum Gasteiger partial charge on any atom is -0.225 e. The number of sulfone groups is 1. The molecular weight excluding hydrogens is 238 g/mol. The molecule has 0 amide bonds. The van der Waals surface area contributed by atoms with Gasteiger partial charge in [0.05, 0.1) is 4.90 Å². The molecule has 0 bridgehead atoms. The first-order valence-electron chi connectivity index (χ1n) is 3.96. The van der Waals surface area contributed by atoms with Crippen LogP contribution in [0.15, 0.2) is 28.0 Å². The SMILES string of the molecule is Cc1cccc(S(N)(=O)=O)c1S(C)(=O)=O. The van der Waals surface area contributed by atoms with Gasteiger partial charge in [0.25, 0.3) is 0 Å². The lowest BCUT2D eigenvalue weighted by Crippen LogP contribution is -2.17. The Labute approximate surface area is 88.9 Å². The van der Waals surface area contributed by atoms with Gasteiger partial charge in [-0.2, -0.15) is 0 Å². The second-order valence-electron chi connectivity index (χ2n) is 3.22. The van der Waals surface area contributed by atoms with Gasteiger partial charge in [-0.05, 0) is 18.6 Å². The smallest absolute Gasteiger partial charge is 0.225 e. The van der Waals surface area contributed by atoms with Gasteiger partial charge in [0.1, 0.15) is 4.90 Å². The molecule has 0 aromatic heterocycles. The minimum absolute atomic E-state index is 0.229. The Morgan fingerprint density at radius 1 is 1.13 bits per heavy atom. The highest BCUT2D eigenvalue weighted by molar-refractivity contribution is 7.93. The van der Waals surface area contributed by atoms with Crippen LogP contribution in [0.3, 0.4) is 0 Å². The molecule has 84 valence electrons. The number of hydrogen-bond acceptors (Lipinski definition) is 4. The number of nitrogens with two attached hydrogens (primary N) is 1. The average Bonchev–Trinajstić information content (AvgIpc) is 1.99. The third-order valence-corrected chi connectivity index (χ3v) is 4.22. The maximum Gasteiger partial charge on any atom is 0.239 e. The van der Waals surface area contributed by atoms with Gasteiger partial charge in [-0.25, -0.2) is 22.0 Å². The maximum atomic E-state index is 11.4. The summed E-state index contributed by atoms with van der Waals surface area (Å²) < 4.78 is 45.1. The van der Waals surface area contributed by atoms with E-state index in [-0.39, 0.29) is 9.79 Å². The van der Waals surface area contributed by atoms with Crippen LogP contribution in [0, 0.1) is 6.92 Å². The Hall–Kier alpha value is -0.920. The predicted octanol–water partition coefficient (Wildman–Crippen LogP) is 0.0459. The van der Waals surface area contributed by atoms with Gasteiger partial charge in [-0.15, -0.1) is 0 Å². The van der Waals surface area contributed by atoms with Crippen molar-refractivity contribution in [1.29, 1.82) is 0 Å². The van der Waals surface area contributed by atoms with Crippen LogP contribution in [-0.2, 0) is 19.9 Å². The molecule has 0 unspecified atom stereocenters. The summed E-state index contributed by atoms with van der Waals surface area (Å²) >= 11 is 0. The van der Waals surface area contributed by atoms with Crippen LogP contribution in [0.5, 0.6) is 0 Å². The molecule has 0 radical (unpaired) electrons. The molecule has 1 aromatic carbocycles. The molecule has 7 heteroatoms. The topological polar surface area (TPSA) is 94.3 Å². The fourth-order valence-electron chi connectivity index (χ4n) is 1.32. The van der Waals surface area contributed by atoms with E-state index in [1.54, 1.807) is 0 Å². The van der Waals surface area contributed by atoms with E-state index in [2.05, 4.69) is 0 Å². The summed E-state index contributed by atoms with van der Waals surface area (Å²) in [6.07, 6.45) is 0.948. The molecule has 0 spiro atoms. The van der Waals surface area contributed by atoms with Crippen molar-refractivity contribution >= 4 is 19.9 Å². The van der Waals surface area contributed by atoms with Crippen molar-refractivity contribution in [2.45, 2.75) is 16.7 Å². The van der Waals surface area contributed by atoms with Gasteiger partial charge in [0.15, 0.2) is 9.84 Å². The van der Waals surface area contributed by atoms with E-state index in [0.29, 0.717) is 5.56 Å². The van der Waals surface area contributed by atoms with Gasteiger partial charge < -0.3 is 0 Å². The summed E-state index contributed by atoms with van der Waals surface area (Å²) in [5.74, 6) is 0. The Morgan fingerprint density at radius 2 is 1.67 bits per heavy atom. The summed E-state index contributed by atoms with van der Waals surface area (Å²) in [5, 5.41) is 4.93. The fraction of sp³-hybridized carbons (Fsp3) is 0.250. The highest BCUT2D eigenvalue weighted by Gasteiger charge is 2.22. The van der Waals surface area contributed by atoms with E-state index < -0.39 is 19.9 Å². The van der Waals surface area contributed by atoms with Crippen molar-refractivity contribution in [1.82, 2.24) is 0 Å². The molecule has 0 aliphatic carbocycles. The molecule has 5 nitrogen and oxygen atoms in total. The van der Waals surface area contributed by atoms with E-state index in [1.807, 2.05) is 0 Å². The van der Waals surface area contributed by atoms with Crippen molar-refractivity contribution in [3.8, 4) is 0 Å². The van der Waals surface area contributed by atoms with Gasteiger partial charge in [-0.3, -0.25) is 0 Å². The summed E-state index contributed by atoms with van der Waals surface area (Å²) in [5.41, 5.74) is 0.365. The lowest BCUT2D eigenvalue weighted by molar-refractivity contribution is 0.585. The zero-order valence-electron chi connectivity index (χ0n) is 8.26. The lowest BCUT2D eigenvalue weighted by atomic mass is 10.2. The first kappa shape index (κ1) is 12.2. The molecule has 0 heterocycles. The van der Waals surface area contributed by atoms with Crippen LogP contribution in [-0.4, -0.2) is 23.1 Å². The molecule has 0 aliphatic heterocycles. The standard InChI is InChI=1S/C8H11NO4S2/c1-6-4-3-5-7(15(9,12)13)8(6)14(2,10)11/h3-5H,1-2H3,(H2,9,12,13). The molecule has 0 fully saturated rings. The minimum atomic E-state index is -4.02. The van der Waals surface area contributed by atoms with Gasteiger partial charge in [0.2, 0.25) is 10.0 Å². The van der Waals surface area contributed by atoms with E-state index in [9.17, 15) is 16.8 Å². The normalized spacial score (nSPS) is 12.7. The summed E-state index contributed by atoms with van der Waals surface area (Å²) in [7, 11) is -7.62. The Balaban J connectivity index is 3.79. The third kappa shape index (κ3) is 2.55. The van der Waals surface area contributed by atoms with E-state index in [4.69, 9.17) is 5.14 Å². The Bertz CT molecular complexity index is 587. The van der Waals surface area contributed by atoms with Crippen LogP contribution in [0.25, 0.3) is 0 Å². The number of rotatable bonds is 2. The Morgan fingerprint density at radius 3 is 2.00 bits per heavy atom. The first-order valence-corrected chi connectivity index (χ1v) is 7.40. The third-order valence-electron chi connectivity index (χ3n) is 1.85. The van der Waals surface area contributed by atoms with Crippen molar-refractivity contribution in [3.63, 3.8) is 0 Å². The first-order chi connectivity index (χ1) is 6.64. The molecule has 15 heavy (non-hydrogen) atoms. The molecule has 0 atom stereocenters. The molecule has 2 N–H and O–H groups in total. The molecule has 1 aromatic rings. The zero-order chi connectivity index (χ0) is 11.9. The average molecular weight is 249 g/mol. The number of aryl methyl sites for hydroxylation is 1. The van der Waals surface area contributed by atoms with Crippen molar-refractivity contribution in [2.75, 3.05) is 6.26 Å². The van der Waals surface area contributed by atoms with E-state index >= 15 is 0 Å². The predicted molar refractivity (Wildman–Crippen MR) is 55.7 cm³/mol. The highest BCUT2D eigenvalue weighted by atomic mass is 32.2. The summed E-state index contributed by atoms with van der Waals surface area (Å²) in [6, 6.07) is 4.15. The summed E-state index contributed by atoms with van der Waals surface area (Å²) in [4.78, 5) is -0.586. The van der Waals surface area contributed by atoms with E-state index in [1.165, 1.54) is 25.1 Å². The van der Waals surface area contributed by atoms with Crippen LogP contribution >= 0.6 is 0 Å². The lowest BCUT2D eigenvalue weighted by Gasteiger charge is -2.08. The maximum absolute atomic E-state index is 11.4. The molecular formula is C8H11NO4S2. The quantitative estimate of drug-likeness (QED) is 0.801. The van der Waals surface area contributed by atoms with E-state index in [0.717, 1.165) is 6.26 Å². The van der Waals surface area contributed by atoms with Crippen LogP contribution in [0.4, 0.5) is 0 Å². The van der Waals surface area contributed by atoms with Crippen molar-refractivity contribution in [2.24, 2.45) is 5.14 Å². The van der Waals surface area contributed by atoms with Crippen LogP contribution < -0.4 is 5.14 Å². The van der Waals surface area contributed by atoms with Crippen LogP contribution in [0.2, 0.25) is 0 Å². The molecule has 0 saturated carbocycles. The number of hydrogen-bond donors (Lipinski definition) is 1. The van der Waals surface area contributed by atoms with Crippen LogP contribution in [0.1, 0.15) is 5.56 Å². The molecule has 1 rings (SSSR count). The number of benzene rings is 1. The van der Waals surface area contributed by atoms with Gasteiger partial charge in [0, 0.05) is 6.26 Å². The zero-order valence-corrected chi connectivity index (χ0v) is 9.89. The number of sulfonamides is 1. The molecule has 0 aliphatic rings. The Kier molecular flexibility index (Phi) is 2.90. The largest absolute Gasteiger partial charge is 0.239 e. The summed E-state index contributed by atoms with van der Waals surface area (Å²) in [6.45, 7) is 1.52. The monoisotopic (exact) mass is 249 g/mol. The molecule has 0 saturated heterocycles. The second-order valence-corrected chi connectivity index (χ2v) is 6.70. The van der Waals surface area contributed by atoms with Crippen molar-refractivity contribution < 1.29 is 16.8 Å². The second kappa shape index (κ2) is 3.58. The fourth-order valence-corrected chi connectivity index (χ4v) is 3.90. The highest BCUT2D eigenvalue weighted by Crippen LogP contribution is 2.23.